The van der Waals surface area contributed by atoms with Gasteiger partial charge in [-0.2, -0.15) is 0 Å². The van der Waals surface area contributed by atoms with Gasteiger partial charge in [0.1, 0.15) is 0 Å². The van der Waals surface area contributed by atoms with Crippen molar-refractivity contribution in [2.24, 2.45) is 5.92 Å². The van der Waals surface area contributed by atoms with Gasteiger partial charge in [-0.25, -0.2) is 4.98 Å². The first-order valence-electron chi connectivity index (χ1n) is 13.4. The lowest BCUT2D eigenvalue weighted by molar-refractivity contribution is -0.130. The van der Waals surface area contributed by atoms with Gasteiger partial charge in [0.15, 0.2) is 5.13 Å². The highest BCUT2D eigenvalue weighted by Crippen LogP contribution is 2.31. The number of aromatic nitrogens is 1. The summed E-state index contributed by atoms with van der Waals surface area (Å²) in [5.74, 6) is 0.702. The first-order valence-corrected chi connectivity index (χ1v) is 15.1. The molecular weight excluding hydrogens is 496 g/mol. The molecule has 2 aliphatic heterocycles. The SMILES string of the molecule is C=C/C(=C\C=C(/C)N1CCC(N2CCC(C(/C=C\C)=C/C=C\C)C2)C1=O)SNc1nccs1.CC.CC. The van der Waals surface area contributed by atoms with Gasteiger partial charge in [0.05, 0.1) is 6.04 Å². The maximum Gasteiger partial charge on any atom is 0.244 e. The van der Waals surface area contributed by atoms with E-state index in [1.807, 2.05) is 64.0 Å². The molecule has 1 N–H and O–H groups in total. The van der Waals surface area contributed by atoms with Crippen LogP contribution < -0.4 is 4.72 Å². The molecule has 2 atom stereocenters. The van der Waals surface area contributed by atoms with E-state index in [9.17, 15) is 4.79 Å². The standard InChI is InChI=1S/C26H34N4OS2.2C2H6/c1-5-8-10-21(9-6-2)22-13-16-29(19-22)24-14-17-30(25(24)31)20(4)11-12-23(7-3)33-28-26-27-15-18-32-26;2*1-2/h5-12,15,18,22,24H,3,13-14,16-17,19H2,1-2,4H3,(H,27,28);2*1-2H3/b8-5-,9-6-,20-11+,21-10+,23-12+;;. The monoisotopic (exact) mass is 542 g/mol. The highest BCUT2D eigenvalue weighted by atomic mass is 32.2. The Morgan fingerprint density at radius 3 is 2.51 bits per heavy atom. The summed E-state index contributed by atoms with van der Waals surface area (Å²) in [4.78, 5) is 22.7. The first-order chi connectivity index (χ1) is 18.1. The third kappa shape index (κ3) is 10.1. The summed E-state index contributed by atoms with van der Waals surface area (Å²) in [5.41, 5.74) is 2.32. The van der Waals surface area contributed by atoms with E-state index in [1.54, 1.807) is 23.6 Å². The number of carbonyl (C=O) groups is 1. The minimum absolute atomic E-state index is 0.0178. The topological polar surface area (TPSA) is 48.5 Å². The fraction of sp³-hybridized carbons (Fsp3) is 0.467. The summed E-state index contributed by atoms with van der Waals surface area (Å²) in [6.07, 6.45) is 20.2. The molecule has 0 saturated carbocycles. The van der Waals surface area contributed by atoms with Gasteiger partial charge in [0, 0.05) is 35.3 Å². The second-order valence-corrected chi connectivity index (χ2v) is 9.86. The minimum Gasteiger partial charge on any atom is -0.315 e. The number of rotatable bonds is 10. The zero-order chi connectivity index (χ0) is 27.6. The second kappa shape index (κ2) is 18.8. The fourth-order valence-electron chi connectivity index (χ4n) is 4.24. The molecule has 0 bridgehead atoms. The Morgan fingerprint density at radius 2 is 1.89 bits per heavy atom. The second-order valence-electron chi connectivity index (χ2n) is 8.09. The molecule has 204 valence electrons. The van der Waals surface area contributed by atoms with Gasteiger partial charge in [-0.05, 0) is 75.7 Å². The third-order valence-electron chi connectivity index (χ3n) is 5.95. The predicted molar refractivity (Wildman–Crippen MR) is 166 cm³/mol. The summed E-state index contributed by atoms with van der Waals surface area (Å²) in [6.45, 7) is 20.7. The maximum atomic E-state index is 13.2. The van der Waals surface area contributed by atoms with E-state index >= 15 is 0 Å². The van der Waals surface area contributed by atoms with Crippen molar-refractivity contribution in [2.75, 3.05) is 24.4 Å². The number of nitrogens with zero attached hydrogens (tertiary/aromatic N) is 3. The summed E-state index contributed by atoms with van der Waals surface area (Å²) >= 11 is 3.02. The average molecular weight is 543 g/mol. The molecule has 2 saturated heterocycles. The highest BCUT2D eigenvalue weighted by Gasteiger charge is 2.39. The zero-order valence-electron chi connectivity index (χ0n) is 23.7. The van der Waals surface area contributed by atoms with Crippen LogP contribution in [0.4, 0.5) is 5.13 Å². The molecule has 0 aliphatic carbocycles. The first kappa shape index (κ1) is 32.7. The quantitative estimate of drug-likeness (QED) is 0.238. The van der Waals surface area contributed by atoms with Crippen molar-refractivity contribution < 1.29 is 4.79 Å². The Kier molecular flexibility index (Phi) is 16.6. The number of amides is 1. The number of anilines is 1. The summed E-state index contributed by atoms with van der Waals surface area (Å²) in [5, 5.41) is 2.79. The Hall–Kier alpha value is -2.35. The molecule has 0 radical (unpaired) electrons. The predicted octanol–water partition coefficient (Wildman–Crippen LogP) is 8.23. The van der Waals surface area contributed by atoms with Crippen LogP contribution in [-0.4, -0.2) is 46.4 Å². The molecule has 0 aromatic carbocycles. The molecular formula is C30H46N4OS2. The molecule has 3 heterocycles. The molecule has 1 aromatic rings. The lowest BCUT2D eigenvalue weighted by atomic mass is 9.97. The third-order valence-corrected chi connectivity index (χ3v) is 7.61. The molecule has 1 aromatic heterocycles. The number of likely N-dealkylation sites (tertiary alicyclic amines) is 2. The zero-order valence-corrected chi connectivity index (χ0v) is 25.4. The van der Waals surface area contributed by atoms with Crippen LogP contribution in [0.25, 0.3) is 0 Å². The van der Waals surface area contributed by atoms with E-state index in [0.29, 0.717) is 5.92 Å². The Labute approximate surface area is 233 Å². The summed E-state index contributed by atoms with van der Waals surface area (Å²) in [6, 6.07) is -0.0178. The molecule has 2 unspecified atom stereocenters. The van der Waals surface area contributed by atoms with Crippen molar-refractivity contribution in [1.82, 2.24) is 14.8 Å². The van der Waals surface area contributed by atoms with Gasteiger partial charge in [-0.3, -0.25) is 9.69 Å². The van der Waals surface area contributed by atoms with Crippen LogP contribution in [0.2, 0.25) is 0 Å². The average Bonchev–Trinajstić information content (AvgIpc) is 3.70. The van der Waals surface area contributed by atoms with Crippen LogP contribution in [0.1, 0.15) is 61.3 Å². The van der Waals surface area contributed by atoms with E-state index < -0.39 is 0 Å². The van der Waals surface area contributed by atoms with Gasteiger partial charge >= 0.3 is 0 Å². The number of hydrogen-bond acceptors (Lipinski definition) is 6. The Morgan fingerprint density at radius 1 is 1.14 bits per heavy atom. The summed E-state index contributed by atoms with van der Waals surface area (Å²) in [7, 11) is 0. The van der Waals surface area contributed by atoms with Gasteiger partial charge < -0.3 is 9.62 Å². The van der Waals surface area contributed by atoms with Crippen LogP contribution in [0.5, 0.6) is 0 Å². The van der Waals surface area contributed by atoms with Crippen LogP contribution >= 0.6 is 23.3 Å². The van der Waals surface area contributed by atoms with Crippen LogP contribution in [0, 0.1) is 5.92 Å². The molecule has 2 fully saturated rings. The van der Waals surface area contributed by atoms with Gasteiger partial charge in [-0.1, -0.05) is 70.7 Å². The summed E-state index contributed by atoms with van der Waals surface area (Å²) < 4.78 is 3.21. The van der Waals surface area contributed by atoms with Crippen LogP contribution in [0.3, 0.4) is 0 Å². The lowest BCUT2D eigenvalue weighted by Gasteiger charge is -2.24. The molecule has 0 spiro atoms. The van der Waals surface area contributed by atoms with Gasteiger partial charge in [0.25, 0.3) is 0 Å². The van der Waals surface area contributed by atoms with Crippen molar-refractivity contribution in [3.8, 4) is 0 Å². The normalized spacial score (nSPS) is 21.2. The Bertz CT molecular complexity index is 960. The molecule has 3 rings (SSSR count). The van der Waals surface area contributed by atoms with Crippen molar-refractivity contribution >= 4 is 34.3 Å². The molecule has 5 nitrogen and oxygen atoms in total. The number of carbonyl (C=O) groups excluding carboxylic acids is 1. The van der Waals surface area contributed by atoms with Crippen LogP contribution in [-0.2, 0) is 4.79 Å². The van der Waals surface area contributed by atoms with Crippen molar-refractivity contribution in [3.63, 3.8) is 0 Å². The molecule has 7 heteroatoms. The van der Waals surface area contributed by atoms with Crippen molar-refractivity contribution in [3.05, 3.63) is 82.9 Å². The molecule has 2 aliphatic rings. The maximum absolute atomic E-state index is 13.2. The molecule has 1 amide bonds. The van der Waals surface area contributed by atoms with Crippen molar-refractivity contribution in [2.45, 2.75) is 67.3 Å². The largest absolute Gasteiger partial charge is 0.315 e. The van der Waals surface area contributed by atoms with E-state index in [4.69, 9.17) is 0 Å². The highest BCUT2D eigenvalue weighted by molar-refractivity contribution is 8.04. The van der Waals surface area contributed by atoms with E-state index in [2.05, 4.69) is 58.5 Å². The minimum atomic E-state index is -0.0178. The molecule has 37 heavy (non-hydrogen) atoms. The number of nitrogens with one attached hydrogen (secondary N) is 1. The van der Waals surface area contributed by atoms with Gasteiger partial charge in [0.2, 0.25) is 5.91 Å². The number of allylic oxidation sites excluding steroid dienone is 9. The lowest BCUT2D eigenvalue weighted by Crippen LogP contribution is -2.40. The Balaban J connectivity index is 0.00000163. The number of thiazole rings is 1. The number of hydrogen-bond donors (Lipinski definition) is 1. The van der Waals surface area contributed by atoms with Crippen molar-refractivity contribution in [1.29, 1.82) is 0 Å². The van der Waals surface area contributed by atoms with E-state index in [-0.39, 0.29) is 11.9 Å². The van der Waals surface area contributed by atoms with E-state index in [0.717, 1.165) is 48.2 Å². The fourth-order valence-corrected chi connectivity index (χ4v) is 5.40. The van der Waals surface area contributed by atoms with E-state index in [1.165, 1.54) is 17.5 Å². The van der Waals surface area contributed by atoms with Gasteiger partial charge in [-0.15, -0.1) is 11.3 Å². The smallest absolute Gasteiger partial charge is 0.244 e. The van der Waals surface area contributed by atoms with Crippen LogP contribution in [0.15, 0.2) is 82.9 Å².